The Balaban J connectivity index is 1.36. The van der Waals surface area contributed by atoms with Crippen molar-refractivity contribution in [1.29, 1.82) is 0 Å². The first-order valence-electron chi connectivity index (χ1n) is 8.06. The molecule has 3 nitrogen and oxygen atoms in total. The molecule has 0 aromatic rings. The lowest BCUT2D eigenvalue weighted by Gasteiger charge is -2.33. The summed E-state index contributed by atoms with van der Waals surface area (Å²) in [7, 11) is 0. The van der Waals surface area contributed by atoms with E-state index in [0.717, 1.165) is 24.4 Å². The van der Waals surface area contributed by atoms with Crippen molar-refractivity contribution in [3.8, 4) is 0 Å². The molecule has 0 spiro atoms. The molecule has 2 saturated heterocycles. The Morgan fingerprint density at radius 2 is 2.05 bits per heavy atom. The summed E-state index contributed by atoms with van der Waals surface area (Å²) in [5.74, 6) is 1.30. The summed E-state index contributed by atoms with van der Waals surface area (Å²) < 4.78 is 6.20. The highest BCUT2D eigenvalue weighted by Gasteiger charge is 2.30. The molecule has 2 heterocycles. The molecule has 0 bridgehead atoms. The van der Waals surface area contributed by atoms with Gasteiger partial charge in [0.25, 0.3) is 0 Å². The lowest BCUT2D eigenvalue weighted by molar-refractivity contribution is 0.0238. The van der Waals surface area contributed by atoms with Gasteiger partial charge in [-0.25, -0.2) is 0 Å². The van der Waals surface area contributed by atoms with Crippen LogP contribution in [0, 0.1) is 0 Å². The highest BCUT2D eigenvalue weighted by molar-refractivity contribution is 8.00. The van der Waals surface area contributed by atoms with Crippen LogP contribution in [-0.4, -0.2) is 60.3 Å². The SMILES string of the molecule is CCC1CN(CC2CCC(CNC3CC3)O2)CCS1. The molecule has 3 rings (SSSR count). The van der Waals surface area contributed by atoms with Gasteiger partial charge in [0.15, 0.2) is 0 Å². The Bertz CT molecular complexity index is 285. The van der Waals surface area contributed by atoms with Gasteiger partial charge in [0.05, 0.1) is 12.2 Å². The predicted octanol–water partition coefficient (Wildman–Crippen LogP) is 2.11. The quantitative estimate of drug-likeness (QED) is 0.807. The molecule has 0 aromatic carbocycles. The fraction of sp³-hybridized carbons (Fsp3) is 1.00. The van der Waals surface area contributed by atoms with Gasteiger partial charge in [-0.05, 0) is 32.1 Å². The summed E-state index contributed by atoms with van der Waals surface area (Å²) in [6, 6.07) is 0.812. The van der Waals surface area contributed by atoms with Crippen molar-refractivity contribution >= 4 is 11.8 Å². The van der Waals surface area contributed by atoms with Gasteiger partial charge < -0.3 is 10.1 Å². The van der Waals surface area contributed by atoms with Gasteiger partial charge in [0, 0.05) is 43.2 Å². The first kappa shape index (κ1) is 14.2. The van der Waals surface area contributed by atoms with Crippen molar-refractivity contribution in [3.63, 3.8) is 0 Å². The van der Waals surface area contributed by atoms with Crippen LogP contribution in [0.2, 0.25) is 0 Å². The molecule has 19 heavy (non-hydrogen) atoms. The number of rotatable bonds is 6. The second kappa shape index (κ2) is 6.79. The summed E-state index contributed by atoms with van der Waals surface area (Å²) >= 11 is 2.15. The van der Waals surface area contributed by atoms with Crippen LogP contribution in [0.1, 0.15) is 39.0 Å². The van der Waals surface area contributed by atoms with Gasteiger partial charge >= 0.3 is 0 Å². The van der Waals surface area contributed by atoms with E-state index in [1.165, 1.54) is 50.9 Å². The lowest BCUT2D eigenvalue weighted by atomic mass is 10.2. The van der Waals surface area contributed by atoms with E-state index in [2.05, 4.69) is 28.9 Å². The number of hydrogen-bond donors (Lipinski definition) is 1. The maximum atomic E-state index is 6.20. The number of thioether (sulfide) groups is 1. The van der Waals surface area contributed by atoms with E-state index in [0.29, 0.717) is 12.2 Å². The van der Waals surface area contributed by atoms with Crippen LogP contribution < -0.4 is 5.32 Å². The molecule has 3 fully saturated rings. The van der Waals surface area contributed by atoms with Crippen molar-refractivity contribution in [1.82, 2.24) is 10.2 Å². The minimum absolute atomic E-state index is 0.478. The van der Waals surface area contributed by atoms with Crippen LogP contribution in [0.25, 0.3) is 0 Å². The molecule has 3 aliphatic rings. The van der Waals surface area contributed by atoms with E-state index in [1.54, 1.807) is 0 Å². The number of nitrogens with one attached hydrogen (secondary N) is 1. The standard InChI is InChI=1S/C15H28N2OS/c1-2-15-11-17(7-8-19-15)10-14-6-5-13(18-14)9-16-12-3-4-12/h12-16H,2-11H2,1H3. The van der Waals surface area contributed by atoms with E-state index in [4.69, 9.17) is 4.74 Å². The lowest BCUT2D eigenvalue weighted by Crippen LogP contribution is -2.42. The number of ether oxygens (including phenoxy) is 1. The third kappa shape index (κ3) is 4.35. The Labute approximate surface area is 121 Å². The number of hydrogen-bond acceptors (Lipinski definition) is 4. The first-order valence-corrected chi connectivity index (χ1v) is 9.11. The molecule has 4 heteroatoms. The van der Waals surface area contributed by atoms with Crippen LogP contribution in [0.5, 0.6) is 0 Å². The topological polar surface area (TPSA) is 24.5 Å². The second-order valence-electron chi connectivity index (χ2n) is 6.30. The second-order valence-corrected chi connectivity index (χ2v) is 7.71. The smallest absolute Gasteiger partial charge is 0.0707 e. The average Bonchev–Trinajstić information content (AvgIpc) is 3.17. The van der Waals surface area contributed by atoms with E-state index in [9.17, 15) is 0 Å². The maximum Gasteiger partial charge on any atom is 0.0707 e. The molecule has 1 aliphatic carbocycles. The van der Waals surface area contributed by atoms with Gasteiger partial charge in [-0.2, -0.15) is 11.8 Å². The highest BCUT2D eigenvalue weighted by Crippen LogP contribution is 2.25. The number of nitrogens with zero attached hydrogens (tertiary/aromatic N) is 1. The molecular weight excluding hydrogens is 256 g/mol. The minimum Gasteiger partial charge on any atom is -0.372 e. The molecule has 0 radical (unpaired) electrons. The van der Waals surface area contributed by atoms with Gasteiger partial charge in [-0.1, -0.05) is 6.92 Å². The fourth-order valence-corrected chi connectivity index (χ4v) is 4.38. The summed E-state index contributed by atoms with van der Waals surface area (Å²) in [5.41, 5.74) is 0. The van der Waals surface area contributed by atoms with E-state index in [-0.39, 0.29) is 0 Å². The van der Waals surface area contributed by atoms with Crippen LogP contribution >= 0.6 is 11.8 Å². The summed E-state index contributed by atoms with van der Waals surface area (Å²) in [4.78, 5) is 2.63. The monoisotopic (exact) mass is 284 g/mol. The van der Waals surface area contributed by atoms with Crippen molar-refractivity contribution < 1.29 is 4.74 Å². The van der Waals surface area contributed by atoms with E-state index < -0.39 is 0 Å². The van der Waals surface area contributed by atoms with Crippen molar-refractivity contribution in [2.75, 3.05) is 31.9 Å². The minimum atomic E-state index is 0.478. The van der Waals surface area contributed by atoms with Crippen LogP contribution in [0.3, 0.4) is 0 Å². The Morgan fingerprint density at radius 1 is 1.21 bits per heavy atom. The third-order valence-corrected chi connectivity index (χ3v) is 5.92. The maximum absolute atomic E-state index is 6.20. The van der Waals surface area contributed by atoms with E-state index >= 15 is 0 Å². The van der Waals surface area contributed by atoms with Crippen molar-refractivity contribution in [3.05, 3.63) is 0 Å². The van der Waals surface area contributed by atoms with E-state index in [1.807, 2.05) is 0 Å². The van der Waals surface area contributed by atoms with Crippen LogP contribution in [-0.2, 0) is 4.74 Å². The molecule has 110 valence electrons. The first-order chi connectivity index (χ1) is 9.33. The van der Waals surface area contributed by atoms with Crippen molar-refractivity contribution in [2.24, 2.45) is 0 Å². The predicted molar refractivity (Wildman–Crippen MR) is 81.9 cm³/mol. The fourth-order valence-electron chi connectivity index (χ4n) is 3.13. The molecule has 2 aliphatic heterocycles. The van der Waals surface area contributed by atoms with Gasteiger partial charge in [-0.15, -0.1) is 0 Å². The zero-order valence-corrected chi connectivity index (χ0v) is 13.0. The van der Waals surface area contributed by atoms with Crippen LogP contribution in [0.15, 0.2) is 0 Å². The molecule has 3 atom stereocenters. The Morgan fingerprint density at radius 3 is 2.84 bits per heavy atom. The Kier molecular flexibility index (Phi) is 5.07. The average molecular weight is 284 g/mol. The molecule has 3 unspecified atom stereocenters. The zero-order valence-electron chi connectivity index (χ0n) is 12.1. The third-order valence-electron chi connectivity index (χ3n) is 4.55. The zero-order chi connectivity index (χ0) is 13.1. The summed E-state index contributed by atoms with van der Waals surface area (Å²) in [6.07, 6.45) is 7.54. The molecule has 1 saturated carbocycles. The molecule has 0 amide bonds. The molecular formula is C15H28N2OS. The summed E-state index contributed by atoms with van der Waals surface area (Å²) in [6.45, 7) is 7.08. The normalized spacial score (nSPS) is 36.8. The van der Waals surface area contributed by atoms with Gasteiger partial charge in [0.1, 0.15) is 0 Å². The summed E-state index contributed by atoms with van der Waals surface area (Å²) in [5, 5.41) is 4.45. The highest BCUT2D eigenvalue weighted by atomic mass is 32.2. The Hall–Kier alpha value is 0.230. The van der Waals surface area contributed by atoms with Crippen molar-refractivity contribution in [2.45, 2.75) is 62.5 Å². The molecule has 1 N–H and O–H groups in total. The molecule has 0 aromatic heterocycles. The van der Waals surface area contributed by atoms with Gasteiger partial charge in [-0.3, -0.25) is 4.90 Å². The van der Waals surface area contributed by atoms with Crippen LogP contribution in [0.4, 0.5) is 0 Å². The largest absolute Gasteiger partial charge is 0.372 e. The van der Waals surface area contributed by atoms with Gasteiger partial charge in [0.2, 0.25) is 0 Å².